The first-order chi connectivity index (χ1) is 14.9. The molecule has 0 fully saturated rings. The summed E-state index contributed by atoms with van der Waals surface area (Å²) in [6.45, 7) is 5.97. The lowest BCUT2D eigenvalue weighted by atomic mass is 10.1. The van der Waals surface area contributed by atoms with E-state index in [1.807, 2.05) is 39.0 Å². The quantitative estimate of drug-likeness (QED) is 0.678. The highest BCUT2D eigenvalue weighted by Gasteiger charge is 2.27. The van der Waals surface area contributed by atoms with Crippen molar-refractivity contribution < 1.29 is 23.9 Å². The van der Waals surface area contributed by atoms with Crippen LogP contribution in [0.3, 0.4) is 0 Å². The van der Waals surface area contributed by atoms with Crippen molar-refractivity contribution in [1.82, 2.24) is 5.32 Å². The van der Waals surface area contributed by atoms with Crippen molar-refractivity contribution in [3.05, 3.63) is 47.5 Å². The summed E-state index contributed by atoms with van der Waals surface area (Å²) in [5.41, 5.74) is 2.91. The third-order valence-electron chi connectivity index (χ3n) is 4.76. The van der Waals surface area contributed by atoms with Crippen LogP contribution in [0.5, 0.6) is 11.5 Å². The normalized spacial score (nSPS) is 12.6. The van der Waals surface area contributed by atoms with Gasteiger partial charge in [-0.2, -0.15) is 0 Å². The average molecular weight is 425 g/mol. The summed E-state index contributed by atoms with van der Waals surface area (Å²) in [5.74, 6) is 0.229. The van der Waals surface area contributed by atoms with Gasteiger partial charge in [-0.1, -0.05) is 19.1 Å². The van der Waals surface area contributed by atoms with Crippen LogP contribution in [0.25, 0.3) is 0 Å². The zero-order valence-electron chi connectivity index (χ0n) is 18.0. The Morgan fingerprint density at radius 3 is 2.71 bits per heavy atom. The fraction of sp³-hybridized carbons (Fsp3) is 0.348. The molecule has 0 radical (unpaired) electrons. The van der Waals surface area contributed by atoms with Crippen molar-refractivity contribution in [2.24, 2.45) is 0 Å². The number of anilines is 2. The summed E-state index contributed by atoms with van der Waals surface area (Å²) < 4.78 is 11.1. The number of fused-ring (bicyclic) bond motifs is 1. The van der Waals surface area contributed by atoms with Crippen LogP contribution in [0, 0.1) is 13.8 Å². The van der Waals surface area contributed by atoms with Crippen molar-refractivity contribution in [2.75, 3.05) is 36.5 Å². The molecule has 2 N–H and O–H groups in total. The monoisotopic (exact) mass is 425 g/mol. The third-order valence-corrected chi connectivity index (χ3v) is 4.76. The van der Waals surface area contributed by atoms with Gasteiger partial charge < -0.3 is 20.1 Å². The van der Waals surface area contributed by atoms with E-state index in [4.69, 9.17) is 9.47 Å². The third kappa shape index (κ3) is 5.75. The van der Waals surface area contributed by atoms with Gasteiger partial charge in [0, 0.05) is 12.2 Å². The maximum Gasteiger partial charge on any atom is 0.265 e. The van der Waals surface area contributed by atoms with E-state index in [1.54, 1.807) is 18.2 Å². The van der Waals surface area contributed by atoms with Gasteiger partial charge in [-0.15, -0.1) is 0 Å². The van der Waals surface area contributed by atoms with E-state index in [0.717, 1.165) is 17.5 Å². The molecule has 1 aliphatic rings. The number of benzene rings is 2. The molecule has 0 bridgehead atoms. The van der Waals surface area contributed by atoms with E-state index in [1.165, 1.54) is 4.90 Å². The number of rotatable bonds is 8. The predicted octanol–water partition coefficient (Wildman–Crippen LogP) is 2.57. The first-order valence-electron chi connectivity index (χ1n) is 10.2. The summed E-state index contributed by atoms with van der Waals surface area (Å²) in [7, 11) is 0. The Balaban J connectivity index is 1.68. The number of nitrogens with one attached hydrogen (secondary N) is 2. The molecule has 2 aromatic carbocycles. The molecule has 0 unspecified atom stereocenters. The maximum atomic E-state index is 12.4. The summed E-state index contributed by atoms with van der Waals surface area (Å²) in [6, 6.07) is 10.8. The summed E-state index contributed by atoms with van der Waals surface area (Å²) >= 11 is 0. The van der Waals surface area contributed by atoms with Crippen LogP contribution in [0.2, 0.25) is 0 Å². The molecule has 8 heteroatoms. The lowest BCUT2D eigenvalue weighted by Gasteiger charge is -2.29. The molecule has 0 aromatic heterocycles. The topological polar surface area (TPSA) is 97.0 Å². The van der Waals surface area contributed by atoms with E-state index < -0.39 is 0 Å². The second-order valence-corrected chi connectivity index (χ2v) is 7.41. The summed E-state index contributed by atoms with van der Waals surface area (Å²) in [5, 5.41) is 5.52. The lowest BCUT2D eigenvalue weighted by Crippen LogP contribution is -2.45. The molecule has 31 heavy (non-hydrogen) atoms. The fourth-order valence-corrected chi connectivity index (χ4v) is 3.12. The zero-order chi connectivity index (χ0) is 22.4. The van der Waals surface area contributed by atoms with Crippen molar-refractivity contribution in [3.63, 3.8) is 0 Å². The van der Waals surface area contributed by atoms with Gasteiger partial charge in [0.1, 0.15) is 18.0 Å². The largest absolute Gasteiger partial charge is 0.483 e. The fourth-order valence-electron chi connectivity index (χ4n) is 3.12. The van der Waals surface area contributed by atoms with Crippen LogP contribution in [-0.2, 0) is 14.4 Å². The van der Waals surface area contributed by atoms with Gasteiger partial charge in [-0.25, -0.2) is 0 Å². The van der Waals surface area contributed by atoms with Gasteiger partial charge in [-0.3, -0.25) is 19.3 Å². The Morgan fingerprint density at radius 1 is 1.13 bits per heavy atom. The molecule has 8 nitrogen and oxygen atoms in total. The summed E-state index contributed by atoms with van der Waals surface area (Å²) in [6.07, 6.45) is 0.805. The minimum atomic E-state index is -0.337. The van der Waals surface area contributed by atoms with Crippen LogP contribution >= 0.6 is 0 Å². The molecule has 0 spiro atoms. The molecule has 0 atom stereocenters. The van der Waals surface area contributed by atoms with Crippen molar-refractivity contribution in [2.45, 2.75) is 27.2 Å². The highest BCUT2D eigenvalue weighted by atomic mass is 16.5. The Bertz CT molecular complexity index is 989. The van der Waals surface area contributed by atoms with Gasteiger partial charge in [0.2, 0.25) is 5.91 Å². The van der Waals surface area contributed by atoms with Crippen molar-refractivity contribution in [3.8, 4) is 11.5 Å². The summed E-state index contributed by atoms with van der Waals surface area (Å²) in [4.78, 5) is 38.2. The van der Waals surface area contributed by atoms with Gasteiger partial charge in [-0.05, 0) is 55.7 Å². The zero-order valence-corrected chi connectivity index (χ0v) is 18.0. The highest BCUT2D eigenvalue weighted by molar-refractivity contribution is 6.03. The minimum absolute atomic E-state index is 0.109. The number of carbonyl (C=O) groups excluding carboxylic acids is 3. The van der Waals surface area contributed by atoms with E-state index in [-0.39, 0.29) is 37.5 Å². The number of hydrogen-bond donors (Lipinski definition) is 2. The average Bonchev–Trinajstić information content (AvgIpc) is 2.75. The standard InChI is InChI=1S/C23H27N3O5/c1-4-9-24-21(27)12-26-18-11-17(7-8-19(18)31-14-23(26)29)25-22(28)13-30-20-10-15(2)5-6-16(20)3/h5-8,10-11H,4,9,12-14H2,1-3H3,(H,24,27)(H,25,28). The molecule has 1 heterocycles. The molecule has 2 aromatic rings. The second-order valence-electron chi connectivity index (χ2n) is 7.41. The van der Waals surface area contributed by atoms with Crippen LogP contribution < -0.4 is 25.0 Å². The van der Waals surface area contributed by atoms with E-state index >= 15 is 0 Å². The highest BCUT2D eigenvalue weighted by Crippen LogP contribution is 2.34. The van der Waals surface area contributed by atoms with Crippen LogP contribution in [0.4, 0.5) is 11.4 Å². The minimum Gasteiger partial charge on any atom is -0.483 e. The molecule has 0 saturated heterocycles. The van der Waals surface area contributed by atoms with E-state index in [0.29, 0.717) is 29.4 Å². The van der Waals surface area contributed by atoms with Gasteiger partial charge in [0.05, 0.1) is 5.69 Å². The molecule has 164 valence electrons. The molecule has 0 aliphatic carbocycles. The number of ether oxygens (including phenoxy) is 2. The molecule has 3 amide bonds. The van der Waals surface area contributed by atoms with Crippen molar-refractivity contribution in [1.29, 1.82) is 0 Å². The van der Waals surface area contributed by atoms with Gasteiger partial charge in [0.25, 0.3) is 11.8 Å². The predicted molar refractivity (Wildman–Crippen MR) is 118 cm³/mol. The van der Waals surface area contributed by atoms with E-state index in [9.17, 15) is 14.4 Å². The number of carbonyl (C=O) groups is 3. The Kier molecular flexibility index (Phi) is 7.12. The molecule has 1 aliphatic heterocycles. The molecular formula is C23H27N3O5. The first-order valence-corrected chi connectivity index (χ1v) is 10.2. The smallest absolute Gasteiger partial charge is 0.265 e. The van der Waals surface area contributed by atoms with Crippen LogP contribution in [0.1, 0.15) is 24.5 Å². The lowest BCUT2D eigenvalue weighted by molar-refractivity contribution is -0.125. The first kappa shape index (κ1) is 22.1. The van der Waals surface area contributed by atoms with Gasteiger partial charge in [0.15, 0.2) is 13.2 Å². The maximum absolute atomic E-state index is 12.4. The Morgan fingerprint density at radius 2 is 1.94 bits per heavy atom. The molecular weight excluding hydrogens is 398 g/mol. The molecule has 3 rings (SSSR count). The Hall–Kier alpha value is -3.55. The molecule has 0 saturated carbocycles. The second kappa shape index (κ2) is 9.97. The SMILES string of the molecule is CCCNC(=O)CN1C(=O)COc2ccc(NC(=O)COc3cc(C)ccc3C)cc21. The van der Waals surface area contributed by atoms with Crippen molar-refractivity contribution >= 4 is 29.1 Å². The number of aryl methyl sites for hydroxylation is 2. The Labute approximate surface area is 181 Å². The van der Waals surface area contributed by atoms with Gasteiger partial charge >= 0.3 is 0 Å². The number of hydrogen-bond acceptors (Lipinski definition) is 5. The van der Waals surface area contributed by atoms with Crippen LogP contribution in [0.15, 0.2) is 36.4 Å². The number of nitrogens with zero attached hydrogens (tertiary/aromatic N) is 1. The van der Waals surface area contributed by atoms with Crippen LogP contribution in [-0.4, -0.2) is 44.0 Å². The number of amides is 3. The van der Waals surface area contributed by atoms with E-state index in [2.05, 4.69) is 10.6 Å².